The van der Waals surface area contributed by atoms with E-state index in [1.54, 1.807) is 0 Å². The van der Waals surface area contributed by atoms with Gasteiger partial charge in [0.15, 0.2) is 5.82 Å². The van der Waals surface area contributed by atoms with Crippen molar-refractivity contribution >= 4 is 0 Å². The first kappa shape index (κ1) is 12.1. The van der Waals surface area contributed by atoms with Crippen molar-refractivity contribution < 1.29 is 14.0 Å². The smallest absolute Gasteiger partial charge is 0.229 e. The van der Waals surface area contributed by atoms with E-state index in [9.17, 15) is 0 Å². The number of aromatic nitrogens is 2. The lowest BCUT2D eigenvalue weighted by atomic mass is 10.1. The molecule has 3 heterocycles. The van der Waals surface area contributed by atoms with Gasteiger partial charge in [-0.25, -0.2) is 0 Å². The molecule has 18 heavy (non-hydrogen) atoms. The Morgan fingerprint density at radius 3 is 3.06 bits per heavy atom. The molecule has 6 nitrogen and oxygen atoms in total. The van der Waals surface area contributed by atoms with Crippen molar-refractivity contribution in [2.24, 2.45) is 0 Å². The van der Waals surface area contributed by atoms with Crippen molar-refractivity contribution in [3.63, 3.8) is 0 Å². The molecule has 2 atom stereocenters. The zero-order valence-electron chi connectivity index (χ0n) is 10.4. The molecule has 2 unspecified atom stereocenters. The van der Waals surface area contributed by atoms with Crippen LogP contribution in [-0.4, -0.2) is 42.6 Å². The van der Waals surface area contributed by atoms with Crippen LogP contribution < -0.4 is 5.32 Å². The van der Waals surface area contributed by atoms with E-state index >= 15 is 0 Å². The topological polar surface area (TPSA) is 69.4 Å². The van der Waals surface area contributed by atoms with Gasteiger partial charge in [0.1, 0.15) is 0 Å². The molecule has 0 bridgehead atoms. The summed E-state index contributed by atoms with van der Waals surface area (Å²) in [5, 5.41) is 7.33. The van der Waals surface area contributed by atoms with E-state index in [1.807, 2.05) is 0 Å². The monoisotopic (exact) mass is 253 g/mol. The molecular weight excluding hydrogens is 234 g/mol. The fourth-order valence-corrected chi connectivity index (χ4v) is 2.39. The van der Waals surface area contributed by atoms with E-state index in [4.69, 9.17) is 14.0 Å². The number of nitrogens with one attached hydrogen (secondary N) is 1. The fraction of sp³-hybridized carbons (Fsp3) is 0.833. The molecule has 6 heteroatoms. The molecule has 100 valence electrons. The summed E-state index contributed by atoms with van der Waals surface area (Å²) in [5.74, 6) is 1.37. The summed E-state index contributed by atoms with van der Waals surface area (Å²) < 4.78 is 16.3. The molecule has 0 radical (unpaired) electrons. The summed E-state index contributed by atoms with van der Waals surface area (Å²) in [6.07, 6.45) is 4.43. The molecule has 0 aromatic carbocycles. The van der Waals surface area contributed by atoms with E-state index in [-0.39, 0.29) is 12.1 Å². The standard InChI is InChI=1S/C12H19N3O3/c1-2-5-17-9(3-1)7-11-14-12(15-18-11)10-8-16-6-4-13-10/h9-10,13H,1-8H2. The van der Waals surface area contributed by atoms with Crippen LogP contribution in [0.4, 0.5) is 0 Å². The van der Waals surface area contributed by atoms with Crippen molar-refractivity contribution in [1.29, 1.82) is 0 Å². The van der Waals surface area contributed by atoms with Gasteiger partial charge in [-0.3, -0.25) is 0 Å². The first-order valence-corrected chi connectivity index (χ1v) is 6.67. The quantitative estimate of drug-likeness (QED) is 0.861. The number of morpholine rings is 1. The zero-order chi connectivity index (χ0) is 12.2. The highest BCUT2D eigenvalue weighted by molar-refractivity contribution is 4.96. The average Bonchev–Trinajstić information content (AvgIpc) is 2.89. The van der Waals surface area contributed by atoms with Crippen molar-refractivity contribution in [2.45, 2.75) is 37.8 Å². The number of hydrogen-bond acceptors (Lipinski definition) is 6. The molecule has 0 saturated carbocycles. The molecule has 2 aliphatic heterocycles. The van der Waals surface area contributed by atoms with Crippen LogP contribution in [0.3, 0.4) is 0 Å². The SMILES string of the molecule is C1CCC(Cc2nc(C3COCCN3)no2)OC1. The molecule has 3 rings (SSSR count). The first-order chi connectivity index (χ1) is 8.92. The Morgan fingerprint density at radius 1 is 1.28 bits per heavy atom. The first-order valence-electron chi connectivity index (χ1n) is 6.67. The van der Waals surface area contributed by atoms with Gasteiger partial charge in [-0.1, -0.05) is 5.16 Å². The maximum absolute atomic E-state index is 5.67. The van der Waals surface area contributed by atoms with Crippen LogP contribution in [0.5, 0.6) is 0 Å². The second kappa shape index (κ2) is 5.77. The lowest BCUT2D eigenvalue weighted by molar-refractivity contribution is 0.0124. The van der Waals surface area contributed by atoms with Crippen LogP contribution in [0.25, 0.3) is 0 Å². The fourth-order valence-electron chi connectivity index (χ4n) is 2.39. The molecule has 2 saturated heterocycles. The summed E-state index contributed by atoms with van der Waals surface area (Å²) in [6.45, 7) is 3.04. The Bertz CT molecular complexity index is 370. The van der Waals surface area contributed by atoms with Crippen molar-refractivity contribution in [3.05, 3.63) is 11.7 Å². The van der Waals surface area contributed by atoms with Crippen LogP contribution >= 0.6 is 0 Å². The molecule has 1 aromatic rings. The maximum Gasteiger partial charge on any atom is 0.229 e. The van der Waals surface area contributed by atoms with Gasteiger partial charge >= 0.3 is 0 Å². The summed E-state index contributed by atoms with van der Waals surface area (Å²) in [6, 6.07) is 0.0588. The Kier molecular flexibility index (Phi) is 3.87. The number of rotatable bonds is 3. The molecule has 0 spiro atoms. The third kappa shape index (κ3) is 2.88. The van der Waals surface area contributed by atoms with E-state index < -0.39 is 0 Å². The van der Waals surface area contributed by atoms with E-state index in [0.717, 1.165) is 39.0 Å². The Morgan fingerprint density at radius 2 is 2.28 bits per heavy atom. The molecule has 1 N–H and O–H groups in total. The third-order valence-electron chi connectivity index (χ3n) is 3.39. The maximum atomic E-state index is 5.67. The third-order valence-corrected chi connectivity index (χ3v) is 3.39. The summed E-state index contributed by atoms with van der Waals surface area (Å²) >= 11 is 0. The molecule has 2 aliphatic rings. The van der Waals surface area contributed by atoms with E-state index in [0.29, 0.717) is 18.3 Å². The van der Waals surface area contributed by atoms with Gasteiger partial charge in [-0.2, -0.15) is 4.98 Å². The van der Waals surface area contributed by atoms with E-state index in [1.165, 1.54) is 6.42 Å². The Labute approximate surface area is 106 Å². The number of nitrogens with zero attached hydrogens (tertiary/aromatic N) is 2. The van der Waals surface area contributed by atoms with Gasteiger partial charge in [0.2, 0.25) is 5.89 Å². The predicted molar refractivity (Wildman–Crippen MR) is 63.2 cm³/mol. The highest BCUT2D eigenvalue weighted by atomic mass is 16.5. The van der Waals surface area contributed by atoms with Gasteiger partial charge in [0, 0.05) is 13.2 Å². The lowest BCUT2D eigenvalue weighted by Gasteiger charge is -2.21. The van der Waals surface area contributed by atoms with Crippen LogP contribution in [-0.2, 0) is 15.9 Å². The molecular formula is C12H19N3O3. The van der Waals surface area contributed by atoms with Crippen molar-refractivity contribution in [2.75, 3.05) is 26.4 Å². The summed E-state index contributed by atoms with van der Waals surface area (Å²) in [4.78, 5) is 4.43. The summed E-state index contributed by atoms with van der Waals surface area (Å²) in [5.41, 5.74) is 0. The van der Waals surface area contributed by atoms with Gasteiger partial charge in [0.25, 0.3) is 0 Å². The largest absolute Gasteiger partial charge is 0.378 e. The average molecular weight is 253 g/mol. The second-order valence-electron chi connectivity index (χ2n) is 4.82. The Balaban J connectivity index is 1.58. The van der Waals surface area contributed by atoms with Gasteiger partial charge in [-0.05, 0) is 19.3 Å². The second-order valence-corrected chi connectivity index (χ2v) is 4.82. The molecule has 0 amide bonds. The minimum Gasteiger partial charge on any atom is -0.378 e. The van der Waals surface area contributed by atoms with Crippen LogP contribution in [0, 0.1) is 0 Å². The molecule has 0 aliphatic carbocycles. The minimum absolute atomic E-state index is 0.0588. The molecule has 2 fully saturated rings. The van der Waals surface area contributed by atoms with Crippen LogP contribution in [0.15, 0.2) is 4.52 Å². The van der Waals surface area contributed by atoms with Crippen LogP contribution in [0.2, 0.25) is 0 Å². The summed E-state index contributed by atoms with van der Waals surface area (Å²) in [7, 11) is 0. The molecule has 1 aromatic heterocycles. The van der Waals surface area contributed by atoms with Gasteiger partial charge in [0.05, 0.1) is 31.8 Å². The zero-order valence-corrected chi connectivity index (χ0v) is 10.4. The highest BCUT2D eigenvalue weighted by Crippen LogP contribution is 2.18. The van der Waals surface area contributed by atoms with Crippen molar-refractivity contribution in [1.82, 2.24) is 15.5 Å². The lowest BCUT2D eigenvalue weighted by Crippen LogP contribution is -2.35. The number of ether oxygens (including phenoxy) is 2. The van der Waals surface area contributed by atoms with E-state index in [2.05, 4.69) is 15.5 Å². The number of hydrogen-bond donors (Lipinski definition) is 1. The predicted octanol–water partition coefficient (Wildman–Crippen LogP) is 0.842. The normalized spacial score (nSPS) is 29.3. The highest BCUT2D eigenvalue weighted by Gasteiger charge is 2.23. The van der Waals surface area contributed by atoms with Gasteiger partial charge < -0.3 is 19.3 Å². The van der Waals surface area contributed by atoms with Gasteiger partial charge in [-0.15, -0.1) is 0 Å². The minimum atomic E-state index is 0.0588. The Hall–Kier alpha value is -0.980. The van der Waals surface area contributed by atoms with Crippen LogP contribution in [0.1, 0.15) is 37.0 Å². The van der Waals surface area contributed by atoms with Crippen molar-refractivity contribution in [3.8, 4) is 0 Å².